The summed E-state index contributed by atoms with van der Waals surface area (Å²) in [5.41, 5.74) is 4.14. The maximum atomic E-state index is 12.7. The number of rotatable bonds is 10. The Hall–Kier alpha value is -2.12. The van der Waals surface area contributed by atoms with Crippen molar-refractivity contribution in [3.8, 4) is 0 Å². The molecule has 1 aliphatic carbocycles. The van der Waals surface area contributed by atoms with E-state index >= 15 is 0 Å². The van der Waals surface area contributed by atoms with Crippen molar-refractivity contribution in [2.45, 2.75) is 58.0 Å². The van der Waals surface area contributed by atoms with E-state index in [1.54, 1.807) is 0 Å². The van der Waals surface area contributed by atoms with Gasteiger partial charge in [-0.3, -0.25) is 9.36 Å². The number of fused-ring (bicyclic) bond motifs is 1. The summed E-state index contributed by atoms with van der Waals surface area (Å²) >= 11 is 1.38. The van der Waals surface area contributed by atoms with Gasteiger partial charge in [0.15, 0.2) is 0 Å². The van der Waals surface area contributed by atoms with E-state index in [1.807, 2.05) is 28.8 Å². The SMILES string of the molecule is CCc1ccc(NC(=O)CSc2nc(=O)n(CC[NH+](CC)CC)c3c2CCC3)cc1. The van der Waals surface area contributed by atoms with Crippen LogP contribution in [0.5, 0.6) is 0 Å². The average molecular weight is 430 g/mol. The third kappa shape index (κ3) is 5.52. The van der Waals surface area contributed by atoms with Crippen molar-refractivity contribution in [1.29, 1.82) is 0 Å². The van der Waals surface area contributed by atoms with Crippen LogP contribution in [0.2, 0.25) is 0 Å². The maximum Gasteiger partial charge on any atom is 0.349 e. The second-order valence-corrected chi connectivity index (χ2v) is 8.69. The summed E-state index contributed by atoms with van der Waals surface area (Å²) in [5, 5.41) is 3.66. The van der Waals surface area contributed by atoms with Crippen molar-refractivity contribution in [3.63, 3.8) is 0 Å². The summed E-state index contributed by atoms with van der Waals surface area (Å²) in [6.07, 6.45) is 3.87. The lowest BCUT2D eigenvalue weighted by Crippen LogP contribution is -3.11. The monoisotopic (exact) mass is 429 g/mol. The van der Waals surface area contributed by atoms with Gasteiger partial charge >= 0.3 is 5.69 Å². The lowest BCUT2D eigenvalue weighted by atomic mass is 10.1. The van der Waals surface area contributed by atoms with Crippen LogP contribution in [-0.2, 0) is 30.6 Å². The Bertz CT molecular complexity index is 920. The number of carbonyl (C=O) groups is 1. The number of carbonyl (C=O) groups excluding carboxylic acids is 1. The van der Waals surface area contributed by atoms with Gasteiger partial charge in [0, 0.05) is 16.9 Å². The molecule has 1 amide bonds. The molecular weight excluding hydrogens is 396 g/mol. The molecule has 0 spiro atoms. The lowest BCUT2D eigenvalue weighted by Gasteiger charge is -2.18. The van der Waals surface area contributed by atoms with Crippen LogP contribution in [0.3, 0.4) is 0 Å². The number of nitrogens with one attached hydrogen (secondary N) is 2. The van der Waals surface area contributed by atoms with Crippen molar-refractivity contribution in [2.24, 2.45) is 0 Å². The smallest absolute Gasteiger partial charge is 0.334 e. The molecule has 0 saturated carbocycles. The number of nitrogens with zero attached hydrogens (tertiary/aromatic N) is 2. The molecule has 0 radical (unpaired) electrons. The molecular formula is C23H33N4O2S+. The minimum atomic E-state index is -0.180. The summed E-state index contributed by atoms with van der Waals surface area (Å²) in [4.78, 5) is 30.9. The summed E-state index contributed by atoms with van der Waals surface area (Å²) < 4.78 is 1.87. The highest BCUT2D eigenvalue weighted by Gasteiger charge is 2.23. The van der Waals surface area contributed by atoms with Crippen LogP contribution < -0.4 is 15.9 Å². The molecule has 7 heteroatoms. The molecule has 1 aliphatic rings. The molecule has 1 aromatic heterocycles. The number of likely N-dealkylation sites (N-methyl/N-ethyl adjacent to an activating group) is 1. The molecule has 0 saturated heterocycles. The number of aromatic nitrogens is 2. The number of aryl methyl sites for hydroxylation is 1. The molecule has 162 valence electrons. The lowest BCUT2D eigenvalue weighted by molar-refractivity contribution is -0.897. The number of thioether (sulfide) groups is 1. The number of anilines is 1. The third-order valence-electron chi connectivity index (χ3n) is 5.88. The zero-order chi connectivity index (χ0) is 21.5. The first kappa shape index (κ1) is 22.6. The summed E-state index contributed by atoms with van der Waals surface area (Å²) in [7, 11) is 0. The molecule has 0 bridgehead atoms. The topological polar surface area (TPSA) is 68.4 Å². The Morgan fingerprint density at radius 2 is 1.90 bits per heavy atom. The quantitative estimate of drug-likeness (QED) is 0.447. The fourth-order valence-electron chi connectivity index (χ4n) is 3.96. The first-order valence-electron chi connectivity index (χ1n) is 11.0. The second kappa shape index (κ2) is 10.8. The number of hydrogen-bond acceptors (Lipinski definition) is 4. The van der Waals surface area contributed by atoms with Crippen molar-refractivity contribution in [1.82, 2.24) is 9.55 Å². The Kier molecular flexibility index (Phi) is 8.10. The molecule has 2 aromatic rings. The van der Waals surface area contributed by atoms with Crippen LogP contribution in [-0.4, -0.2) is 40.8 Å². The van der Waals surface area contributed by atoms with Crippen molar-refractivity contribution in [3.05, 3.63) is 51.6 Å². The second-order valence-electron chi connectivity index (χ2n) is 7.72. The minimum Gasteiger partial charge on any atom is -0.334 e. The van der Waals surface area contributed by atoms with Crippen LogP contribution in [0.1, 0.15) is 44.0 Å². The van der Waals surface area contributed by atoms with Gasteiger partial charge in [0.1, 0.15) is 5.03 Å². The number of amides is 1. The molecule has 3 rings (SSSR count). The molecule has 30 heavy (non-hydrogen) atoms. The van der Waals surface area contributed by atoms with Gasteiger partial charge in [-0.05, 0) is 57.2 Å². The van der Waals surface area contributed by atoms with Crippen LogP contribution in [0.15, 0.2) is 34.1 Å². The van der Waals surface area contributed by atoms with Crippen LogP contribution >= 0.6 is 11.8 Å². The van der Waals surface area contributed by atoms with E-state index in [0.29, 0.717) is 6.54 Å². The number of quaternary nitrogens is 1. The number of benzene rings is 1. The van der Waals surface area contributed by atoms with Gasteiger partial charge in [-0.2, -0.15) is 4.98 Å². The van der Waals surface area contributed by atoms with E-state index < -0.39 is 0 Å². The van der Waals surface area contributed by atoms with Crippen LogP contribution in [0.25, 0.3) is 0 Å². The molecule has 0 fully saturated rings. The van der Waals surface area contributed by atoms with Crippen molar-refractivity contribution in [2.75, 3.05) is 30.7 Å². The predicted octanol–water partition coefficient (Wildman–Crippen LogP) is 1.95. The van der Waals surface area contributed by atoms with Crippen molar-refractivity contribution >= 4 is 23.4 Å². The standard InChI is InChI=1S/C23H32N4O2S/c1-4-17-10-12-18(13-11-17)24-21(28)16-30-22-19-8-7-9-20(19)27(23(29)25-22)15-14-26(5-2)6-3/h10-13H,4-9,14-16H2,1-3H3,(H,24,28)/p+1. The van der Waals surface area contributed by atoms with Crippen LogP contribution in [0.4, 0.5) is 5.69 Å². The predicted molar refractivity (Wildman–Crippen MR) is 123 cm³/mol. The largest absolute Gasteiger partial charge is 0.349 e. The van der Waals surface area contributed by atoms with E-state index in [4.69, 9.17) is 0 Å². The van der Waals surface area contributed by atoms with Crippen molar-refractivity contribution < 1.29 is 9.69 Å². The Balaban J connectivity index is 1.66. The first-order valence-corrected chi connectivity index (χ1v) is 12.0. The molecule has 0 aliphatic heterocycles. The van der Waals surface area contributed by atoms with Gasteiger partial charge in [-0.1, -0.05) is 30.8 Å². The maximum absolute atomic E-state index is 12.7. The van der Waals surface area contributed by atoms with E-state index in [1.165, 1.54) is 22.2 Å². The fourth-order valence-corrected chi connectivity index (χ4v) is 4.84. The molecule has 1 aromatic carbocycles. The van der Waals surface area contributed by atoms with Gasteiger partial charge in [0.2, 0.25) is 5.91 Å². The Labute approximate surface area is 183 Å². The Morgan fingerprint density at radius 1 is 1.17 bits per heavy atom. The van der Waals surface area contributed by atoms with E-state index in [0.717, 1.165) is 67.3 Å². The minimum absolute atomic E-state index is 0.0768. The summed E-state index contributed by atoms with van der Waals surface area (Å²) in [5.74, 6) is 0.175. The first-order chi connectivity index (χ1) is 14.5. The van der Waals surface area contributed by atoms with Gasteiger partial charge < -0.3 is 10.2 Å². The fraction of sp³-hybridized carbons (Fsp3) is 0.522. The van der Waals surface area contributed by atoms with Gasteiger partial charge in [0.25, 0.3) is 0 Å². The summed E-state index contributed by atoms with van der Waals surface area (Å²) in [6.45, 7) is 10.2. The Morgan fingerprint density at radius 3 is 2.57 bits per heavy atom. The zero-order valence-electron chi connectivity index (χ0n) is 18.3. The molecule has 2 N–H and O–H groups in total. The van der Waals surface area contributed by atoms with Gasteiger partial charge in [-0.25, -0.2) is 4.79 Å². The molecule has 0 atom stereocenters. The molecule has 1 heterocycles. The summed E-state index contributed by atoms with van der Waals surface area (Å²) in [6, 6.07) is 7.90. The van der Waals surface area contributed by atoms with E-state index in [9.17, 15) is 9.59 Å². The molecule has 0 unspecified atom stereocenters. The van der Waals surface area contributed by atoms with Gasteiger partial charge in [0.05, 0.1) is 31.9 Å². The highest BCUT2D eigenvalue weighted by Crippen LogP contribution is 2.29. The average Bonchev–Trinajstić information content (AvgIpc) is 3.24. The highest BCUT2D eigenvalue weighted by molar-refractivity contribution is 8.00. The normalized spacial score (nSPS) is 12.9. The number of hydrogen-bond donors (Lipinski definition) is 2. The third-order valence-corrected chi connectivity index (χ3v) is 6.89. The zero-order valence-corrected chi connectivity index (χ0v) is 19.1. The van der Waals surface area contributed by atoms with Crippen LogP contribution in [0, 0.1) is 0 Å². The highest BCUT2D eigenvalue weighted by atomic mass is 32.2. The van der Waals surface area contributed by atoms with E-state index in [-0.39, 0.29) is 17.3 Å². The van der Waals surface area contributed by atoms with Gasteiger partial charge in [-0.15, -0.1) is 0 Å². The molecule has 6 nitrogen and oxygen atoms in total. The van der Waals surface area contributed by atoms with E-state index in [2.05, 4.69) is 31.1 Å².